The molecular weight excluding hydrogens is 313 g/mol. The van der Waals surface area contributed by atoms with Gasteiger partial charge in [0.2, 0.25) is 0 Å². The predicted octanol–water partition coefficient (Wildman–Crippen LogP) is 4.44. The number of hydrogen-bond acceptors (Lipinski definition) is 3. The van der Waals surface area contributed by atoms with Crippen LogP contribution < -0.4 is 10.5 Å². The molecule has 0 spiro atoms. The molecule has 0 saturated heterocycles. The van der Waals surface area contributed by atoms with Gasteiger partial charge in [-0.25, -0.2) is 13.2 Å². The van der Waals surface area contributed by atoms with Gasteiger partial charge in [0.15, 0.2) is 11.6 Å². The number of halogens is 5. The van der Waals surface area contributed by atoms with Crippen molar-refractivity contribution < 1.29 is 26.7 Å². The molecule has 2 nitrogen and oxygen atoms in total. The number of nitrogens with two attached hydrogens (primary N) is 1. The number of ether oxygens (including phenoxy) is 1. The van der Waals surface area contributed by atoms with E-state index in [1.807, 2.05) is 0 Å². The molecule has 0 bridgehead atoms. The van der Waals surface area contributed by atoms with Crippen molar-refractivity contribution in [2.75, 3.05) is 5.73 Å². The normalized spacial score (nSPS) is 11.0. The standard InChI is InChI=1S/C13H8F5NOS/c14-6-1-2-7(15)11(3-6)21-12-5-10(20-13(17)18)8(16)4-9(12)19/h1-5,13H,19H2. The molecule has 0 aliphatic carbocycles. The Bertz CT molecular complexity index is 665. The van der Waals surface area contributed by atoms with Crippen molar-refractivity contribution in [1.82, 2.24) is 0 Å². The van der Waals surface area contributed by atoms with E-state index in [-0.39, 0.29) is 15.5 Å². The topological polar surface area (TPSA) is 35.2 Å². The fourth-order valence-corrected chi connectivity index (χ4v) is 2.42. The third kappa shape index (κ3) is 3.78. The van der Waals surface area contributed by atoms with Crippen molar-refractivity contribution in [1.29, 1.82) is 0 Å². The van der Waals surface area contributed by atoms with Gasteiger partial charge in [-0.2, -0.15) is 8.78 Å². The zero-order valence-corrected chi connectivity index (χ0v) is 11.1. The molecule has 0 saturated carbocycles. The van der Waals surface area contributed by atoms with E-state index < -0.39 is 29.8 Å². The molecule has 0 aliphatic heterocycles. The van der Waals surface area contributed by atoms with Gasteiger partial charge in [-0.3, -0.25) is 0 Å². The number of alkyl halides is 2. The molecule has 0 unspecified atom stereocenters. The lowest BCUT2D eigenvalue weighted by molar-refractivity contribution is -0.0523. The van der Waals surface area contributed by atoms with Crippen LogP contribution in [0.3, 0.4) is 0 Å². The van der Waals surface area contributed by atoms with Crippen LogP contribution in [0.2, 0.25) is 0 Å². The average molecular weight is 321 g/mol. The number of benzene rings is 2. The SMILES string of the molecule is Nc1cc(F)c(OC(F)F)cc1Sc1cc(F)ccc1F. The van der Waals surface area contributed by atoms with Crippen LogP contribution in [-0.4, -0.2) is 6.61 Å². The van der Waals surface area contributed by atoms with Gasteiger partial charge in [-0.15, -0.1) is 0 Å². The molecule has 2 aromatic rings. The number of anilines is 1. The van der Waals surface area contributed by atoms with Crippen molar-refractivity contribution >= 4 is 17.4 Å². The summed E-state index contributed by atoms with van der Waals surface area (Å²) in [5.41, 5.74) is 5.43. The van der Waals surface area contributed by atoms with Gasteiger partial charge < -0.3 is 10.5 Å². The van der Waals surface area contributed by atoms with Crippen molar-refractivity contribution in [2.45, 2.75) is 16.4 Å². The largest absolute Gasteiger partial charge is 0.432 e. The maximum Gasteiger partial charge on any atom is 0.387 e. The molecule has 112 valence electrons. The minimum atomic E-state index is -3.22. The van der Waals surface area contributed by atoms with E-state index in [0.29, 0.717) is 11.8 Å². The van der Waals surface area contributed by atoms with Gasteiger partial charge in [0.25, 0.3) is 0 Å². The Hall–Kier alpha value is -1.96. The Labute approximate surface area is 120 Å². The number of rotatable bonds is 4. The van der Waals surface area contributed by atoms with E-state index in [1.54, 1.807) is 0 Å². The fourth-order valence-electron chi connectivity index (χ4n) is 1.50. The first kappa shape index (κ1) is 15.4. The highest BCUT2D eigenvalue weighted by Crippen LogP contribution is 2.37. The highest BCUT2D eigenvalue weighted by molar-refractivity contribution is 7.99. The van der Waals surface area contributed by atoms with Gasteiger partial charge in [-0.1, -0.05) is 11.8 Å². The molecule has 0 fully saturated rings. The van der Waals surface area contributed by atoms with Gasteiger partial charge in [0.1, 0.15) is 11.6 Å². The second-order valence-electron chi connectivity index (χ2n) is 3.88. The quantitative estimate of drug-likeness (QED) is 0.668. The third-order valence-electron chi connectivity index (χ3n) is 2.39. The molecule has 21 heavy (non-hydrogen) atoms. The summed E-state index contributed by atoms with van der Waals surface area (Å²) in [6.07, 6.45) is 0. The van der Waals surface area contributed by atoms with E-state index in [9.17, 15) is 22.0 Å². The summed E-state index contributed by atoms with van der Waals surface area (Å²) >= 11 is 0.673. The summed E-state index contributed by atoms with van der Waals surface area (Å²) in [6.45, 7) is -3.22. The van der Waals surface area contributed by atoms with Gasteiger partial charge in [-0.05, 0) is 24.3 Å². The van der Waals surface area contributed by atoms with Gasteiger partial charge in [0.05, 0.1) is 4.90 Å². The summed E-state index contributed by atoms with van der Waals surface area (Å²) in [6, 6.07) is 4.44. The van der Waals surface area contributed by atoms with E-state index in [4.69, 9.17) is 5.73 Å². The summed E-state index contributed by atoms with van der Waals surface area (Å²) in [5, 5.41) is 0. The monoisotopic (exact) mass is 321 g/mol. The molecule has 0 heterocycles. The number of hydrogen-bond donors (Lipinski definition) is 1. The number of nitrogen functional groups attached to an aromatic ring is 1. The van der Waals surface area contributed by atoms with E-state index in [2.05, 4.69) is 4.74 Å². The summed E-state index contributed by atoms with van der Waals surface area (Å²) in [7, 11) is 0. The van der Waals surface area contributed by atoms with Gasteiger partial charge in [0, 0.05) is 16.6 Å². The maximum absolute atomic E-state index is 13.5. The summed E-state index contributed by atoms with van der Waals surface area (Å²) < 4.78 is 68.3. The zero-order chi connectivity index (χ0) is 15.6. The van der Waals surface area contributed by atoms with Crippen molar-refractivity contribution in [3.63, 3.8) is 0 Å². The first-order valence-corrected chi connectivity index (χ1v) is 6.35. The lowest BCUT2D eigenvalue weighted by Gasteiger charge is -2.11. The average Bonchev–Trinajstić information content (AvgIpc) is 2.39. The minimum absolute atomic E-state index is 0.0662. The Morgan fingerprint density at radius 3 is 2.33 bits per heavy atom. The Morgan fingerprint density at radius 2 is 1.67 bits per heavy atom. The van der Waals surface area contributed by atoms with Crippen LogP contribution in [0.5, 0.6) is 5.75 Å². The van der Waals surface area contributed by atoms with Crippen LogP contribution in [0.15, 0.2) is 40.1 Å². The molecule has 2 aromatic carbocycles. The van der Waals surface area contributed by atoms with Crippen molar-refractivity contribution in [3.8, 4) is 5.75 Å². The predicted molar refractivity (Wildman–Crippen MR) is 67.9 cm³/mol. The third-order valence-corrected chi connectivity index (χ3v) is 3.50. The molecular formula is C13H8F5NOS. The van der Waals surface area contributed by atoms with E-state index in [0.717, 1.165) is 30.3 Å². The van der Waals surface area contributed by atoms with Crippen molar-refractivity contribution in [3.05, 3.63) is 47.8 Å². The first-order chi connectivity index (χ1) is 9.86. The minimum Gasteiger partial charge on any atom is -0.432 e. The smallest absolute Gasteiger partial charge is 0.387 e. The van der Waals surface area contributed by atoms with Crippen LogP contribution in [-0.2, 0) is 0 Å². The summed E-state index contributed by atoms with van der Waals surface area (Å²) in [4.78, 5) is -0.0483. The van der Waals surface area contributed by atoms with E-state index >= 15 is 0 Å². The second-order valence-corrected chi connectivity index (χ2v) is 4.96. The molecule has 0 aliphatic rings. The molecule has 0 amide bonds. The molecule has 0 atom stereocenters. The van der Waals surface area contributed by atoms with Crippen molar-refractivity contribution in [2.24, 2.45) is 0 Å². The lowest BCUT2D eigenvalue weighted by Crippen LogP contribution is -2.04. The Balaban J connectivity index is 2.37. The molecule has 2 N–H and O–H groups in total. The lowest BCUT2D eigenvalue weighted by atomic mass is 10.3. The fraction of sp³-hybridized carbons (Fsp3) is 0.0769. The molecule has 8 heteroatoms. The van der Waals surface area contributed by atoms with E-state index in [1.165, 1.54) is 0 Å². The van der Waals surface area contributed by atoms with Crippen LogP contribution in [0, 0.1) is 17.5 Å². The highest BCUT2D eigenvalue weighted by Gasteiger charge is 2.15. The second kappa shape index (κ2) is 6.21. The Morgan fingerprint density at radius 1 is 0.952 bits per heavy atom. The van der Waals surface area contributed by atoms with Crippen LogP contribution >= 0.6 is 11.8 Å². The molecule has 0 aromatic heterocycles. The summed E-state index contributed by atoms with van der Waals surface area (Å²) in [5.74, 6) is -3.19. The highest BCUT2D eigenvalue weighted by atomic mass is 32.2. The van der Waals surface area contributed by atoms with Crippen LogP contribution in [0.25, 0.3) is 0 Å². The Kier molecular flexibility index (Phi) is 4.56. The zero-order valence-electron chi connectivity index (χ0n) is 10.2. The molecule has 2 rings (SSSR count). The maximum atomic E-state index is 13.5. The molecule has 0 radical (unpaired) electrons. The first-order valence-electron chi connectivity index (χ1n) is 5.53. The van der Waals surface area contributed by atoms with Gasteiger partial charge >= 0.3 is 6.61 Å². The van der Waals surface area contributed by atoms with Crippen LogP contribution in [0.4, 0.5) is 27.6 Å². The van der Waals surface area contributed by atoms with Crippen LogP contribution in [0.1, 0.15) is 0 Å².